The first-order chi connectivity index (χ1) is 9.97. The van der Waals surface area contributed by atoms with Crippen molar-refractivity contribution >= 4 is 51.5 Å². The van der Waals surface area contributed by atoms with Gasteiger partial charge in [0.25, 0.3) is 11.6 Å². The summed E-state index contributed by atoms with van der Waals surface area (Å²) in [6.07, 6.45) is 3.25. The molecular weight excluding hydrogens is 387 g/mol. The quantitative estimate of drug-likeness (QED) is 0.353. The summed E-state index contributed by atoms with van der Waals surface area (Å²) in [7, 11) is 0. The third kappa shape index (κ3) is 2.31. The van der Waals surface area contributed by atoms with Gasteiger partial charge in [-0.2, -0.15) is 0 Å². The Labute approximate surface area is 132 Å². The maximum atomic E-state index is 12.1. The number of imidazole rings is 1. The van der Waals surface area contributed by atoms with Crippen LogP contribution in [0.15, 0.2) is 18.3 Å². The Morgan fingerprint density at radius 1 is 1.43 bits per heavy atom. The monoisotopic (exact) mass is 396 g/mol. The highest BCUT2D eigenvalue weighted by Gasteiger charge is 2.30. The SMILES string of the molecule is Cc1cnc(C=C2C(=O)Nc3ccc([N+](=O)[O-])c(I)c32)[nH]1. The number of nitrogens with zero attached hydrogens (tertiary/aromatic N) is 2. The predicted molar refractivity (Wildman–Crippen MR) is 85.6 cm³/mol. The van der Waals surface area contributed by atoms with E-state index in [9.17, 15) is 14.9 Å². The molecule has 2 aromatic rings. The third-order valence-corrected chi connectivity index (χ3v) is 4.18. The van der Waals surface area contributed by atoms with E-state index < -0.39 is 4.92 Å². The second kappa shape index (κ2) is 4.95. The number of amides is 1. The van der Waals surface area contributed by atoms with Crippen LogP contribution in [0.3, 0.4) is 0 Å². The lowest BCUT2D eigenvalue weighted by Crippen LogP contribution is -2.03. The summed E-state index contributed by atoms with van der Waals surface area (Å²) < 4.78 is 0.433. The lowest BCUT2D eigenvalue weighted by molar-refractivity contribution is -0.385. The van der Waals surface area contributed by atoms with E-state index in [1.54, 1.807) is 18.3 Å². The molecule has 0 fully saturated rings. The largest absolute Gasteiger partial charge is 0.343 e. The molecule has 1 amide bonds. The maximum Gasteiger partial charge on any atom is 0.283 e. The molecule has 21 heavy (non-hydrogen) atoms. The van der Waals surface area contributed by atoms with Crippen molar-refractivity contribution in [2.75, 3.05) is 5.32 Å². The van der Waals surface area contributed by atoms with Crippen LogP contribution in [-0.4, -0.2) is 20.8 Å². The Morgan fingerprint density at radius 2 is 2.19 bits per heavy atom. The average Bonchev–Trinajstić information content (AvgIpc) is 2.95. The number of aromatic amines is 1. The molecular formula is C13H9IN4O3. The highest BCUT2D eigenvalue weighted by molar-refractivity contribution is 14.1. The van der Waals surface area contributed by atoms with Gasteiger partial charge in [-0.1, -0.05) is 0 Å². The molecule has 1 aliphatic rings. The molecule has 0 spiro atoms. The van der Waals surface area contributed by atoms with E-state index in [1.165, 1.54) is 6.07 Å². The molecule has 0 saturated carbocycles. The highest BCUT2D eigenvalue weighted by Crippen LogP contribution is 2.40. The summed E-state index contributed by atoms with van der Waals surface area (Å²) in [5.41, 5.74) is 2.34. The zero-order valence-electron chi connectivity index (χ0n) is 10.8. The molecule has 0 atom stereocenters. The molecule has 2 N–H and O–H groups in total. The molecule has 1 aromatic heterocycles. The van der Waals surface area contributed by atoms with Crippen LogP contribution in [0.4, 0.5) is 11.4 Å². The minimum Gasteiger partial charge on any atom is -0.343 e. The number of fused-ring (bicyclic) bond motifs is 1. The van der Waals surface area contributed by atoms with Crippen molar-refractivity contribution in [3.63, 3.8) is 0 Å². The van der Waals surface area contributed by atoms with Gasteiger partial charge in [0.15, 0.2) is 0 Å². The molecule has 1 aliphatic heterocycles. The molecule has 0 unspecified atom stereocenters. The van der Waals surface area contributed by atoms with Crippen LogP contribution in [0.5, 0.6) is 0 Å². The van der Waals surface area contributed by atoms with Crippen LogP contribution < -0.4 is 5.32 Å². The first kappa shape index (κ1) is 13.7. The summed E-state index contributed by atoms with van der Waals surface area (Å²) in [6.45, 7) is 1.85. The van der Waals surface area contributed by atoms with Crippen LogP contribution in [0.2, 0.25) is 0 Å². The third-order valence-electron chi connectivity index (χ3n) is 3.08. The molecule has 3 rings (SSSR count). The van der Waals surface area contributed by atoms with Gasteiger partial charge < -0.3 is 10.3 Å². The molecule has 106 valence electrons. The fourth-order valence-corrected chi connectivity index (χ4v) is 3.12. The summed E-state index contributed by atoms with van der Waals surface area (Å²) in [4.78, 5) is 29.8. The number of rotatable bonds is 2. The summed E-state index contributed by atoms with van der Waals surface area (Å²) in [5, 5.41) is 13.7. The van der Waals surface area contributed by atoms with Gasteiger partial charge in [-0.25, -0.2) is 4.98 Å². The number of hydrogen-bond donors (Lipinski definition) is 2. The molecule has 2 heterocycles. The number of halogens is 1. The Morgan fingerprint density at radius 3 is 2.81 bits per heavy atom. The Balaban J connectivity index is 2.18. The van der Waals surface area contributed by atoms with Crippen molar-refractivity contribution in [1.82, 2.24) is 9.97 Å². The molecule has 8 heteroatoms. The average molecular weight is 396 g/mol. The zero-order valence-corrected chi connectivity index (χ0v) is 13.0. The first-order valence-corrected chi connectivity index (χ1v) is 7.07. The number of carbonyl (C=O) groups is 1. The van der Waals surface area contributed by atoms with Crippen LogP contribution in [0.25, 0.3) is 11.6 Å². The van der Waals surface area contributed by atoms with E-state index in [1.807, 2.05) is 29.5 Å². The van der Waals surface area contributed by atoms with Gasteiger partial charge in [0, 0.05) is 23.5 Å². The number of nitro groups is 1. The van der Waals surface area contributed by atoms with Crippen molar-refractivity contribution in [2.45, 2.75) is 6.92 Å². The number of carbonyl (C=O) groups excluding carboxylic acids is 1. The fraction of sp³-hybridized carbons (Fsp3) is 0.0769. The Hall–Kier alpha value is -2.23. The highest BCUT2D eigenvalue weighted by atomic mass is 127. The van der Waals surface area contributed by atoms with E-state index in [4.69, 9.17) is 0 Å². The lowest BCUT2D eigenvalue weighted by atomic mass is 10.1. The van der Waals surface area contributed by atoms with Gasteiger partial charge in [-0.3, -0.25) is 14.9 Å². The summed E-state index contributed by atoms with van der Waals surface area (Å²) >= 11 is 1.89. The second-order valence-corrected chi connectivity index (χ2v) is 5.62. The zero-order chi connectivity index (χ0) is 15.1. The molecule has 0 bridgehead atoms. The maximum absolute atomic E-state index is 12.1. The molecule has 0 radical (unpaired) electrons. The van der Waals surface area contributed by atoms with E-state index in [0.717, 1.165) is 5.69 Å². The number of aryl methyl sites for hydroxylation is 1. The van der Waals surface area contributed by atoms with E-state index in [0.29, 0.717) is 26.2 Å². The summed E-state index contributed by atoms with van der Waals surface area (Å²) in [6, 6.07) is 2.93. The van der Waals surface area contributed by atoms with E-state index in [2.05, 4.69) is 15.3 Å². The van der Waals surface area contributed by atoms with Crippen molar-refractivity contribution in [3.8, 4) is 0 Å². The number of H-pyrrole nitrogens is 1. The number of benzene rings is 1. The van der Waals surface area contributed by atoms with Crippen molar-refractivity contribution < 1.29 is 9.72 Å². The molecule has 7 nitrogen and oxygen atoms in total. The minimum absolute atomic E-state index is 0.0209. The molecule has 0 saturated heterocycles. The standard InChI is InChI=1S/C13H9IN4O3/c1-6-5-15-10(16-6)4-7-11-8(17-13(7)19)2-3-9(12(11)14)18(20)21/h2-5H,1H3,(H,15,16)(H,17,19). The number of nitrogens with one attached hydrogen (secondary N) is 2. The fourth-order valence-electron chi connectivity index (χ4n) is 2.16. The van der Waals surface area contributed by atoms with Gasteiger partial charge in [-0.05, 0) is 41.7 Å². The van der Waals surface area contributed by atoms with Gasteiger partial charge in [0.1, 0.15) is 9.39 Å². The molecule has 1 aromatic carbocycles. The first-order valence-electron chi connectivity index (χ1n) is 5.99. The minimum atomic E-state index is -0.459. The van der Waals surface area contributed by atoms with Gasteiger partial charge in [0.2, 0.25) is 0 Å². The number of nitro benzene ring substituents is 1. The van der Waals surface area contributed by atoms with E-state index in [-0.39, 0.29) is 11.6 Å². The Kier molecular flexibility index (Phi) is 3.24. The van der Waals surface area contributed by atoms with Crippen molar-refractivity contribution in [3.05, 3.63) is 49.1 Å². The van der Waals surface area contributed by atoms with Crippen LogP contribution >= 0.6 is 22.6 Å². The number of anilines is 1. The topological polar surface area (TPSA) is 101 Å². The predicted octanol–water partition coefficient (Wildman–Crippen LogP) is 2.72. The smallest absolute Gasteiger partial charge is 0.283 e. The van der Waals surface area contributed by atoms with Gasteiger partial charge in [0.05, 0.1) is 16.2 Å². The van der Waals surface area contributed by atoms with Crippen LogP contribution in [-0.2, 0) is 4.79 Å². The lowest BCUT2D eigenvalue weighted by Gasteiger charge is -2.02. The van der Waals surface area contributed by atoms with Crippen LogP contribution in [0, 0.1) is 20.6 Å². The number of hydrogen-bond acceptors (Lipinski definition) is 4. The second-order valence-electron chi connectivity index (χ2n) is 4.54. The van der Waals surface area contributed by atoms with Gasteiger partial charge in [-0.15, -0.1) is 0 Å². The van der Waals surface area contributed by atoms with Crippen LogP contribution in [0.1, 0.15) is 17.1 Å². The van der Waals surface area contributed by atoms with Gasteiger partial charge >= 0.3 is 0 Å². The normalized spacial score (nSPS) is 15.1. The van der Waals surface area contributed by atoms with E-state index >= 15 is 0 Å². The molecule has 0 aliphatic carbocycles. The Bertz CT molecular complexity index is 810. The van der Waals surface area contributed by atoms with Crippen molar-refractivity contribution in [1.29, 1.82) is 0 Å². The van der Waals surface area contributed by atoms with Crippen molar-refractivity contribution in [2.24, 2.45) is 0 Å². The number of aromatic nitrogens is 2. The summed E-state index contributed by atoms with van der Waals surface area (Å²) in [5.74, 6) is 0.241.